The summed E-state index contributed by atoms with van der Waals surface area (Å²) in [6.07, 6.45) is -4.56. The van der Waals surface area contributed by atoms with Gasteiger partial charge in [-0.05, 0) is 31.5 Å². The van der Waals surface area contributed by atoms with Gasteiger partial charge >= 0.3 is 6.18 Å². The molecule has 0 aliphatic rings. The van der Waals surface area contributed by atoms with Crippen LogP contribution in [0, 0.1) is 0 Å². The van der Waals surface area contributed by atoms with E-state index in [4.69, 9.17) is 10.5 Å². The molecule has 0 spiro atoms. The molecule has 0 unspecified atom stereocenters. The first-order valence-electron chi connectivity index (χ1n) is 6.06. The summed E-state index contributed by atoms with van der Waals surface area (Å²) in [6.45, 7) is 3.02. The Kier molecular flexibility index (Phi) is 5.38. The van der Waals surface area contributed by atoms with Gasteiger partial charge in [0, 0.05) is 12.6 Å². The summed E-state index contributed by atoms with van der Waals surface area (Å²) in [6, 6.07) is 3.43. The van der Waals surface area contributed by atoms with Crippen molar-refractivity contribution in [3.8, 4) is 5.75 Å². The van der Waals surface area contributed by atoms with Crippen LogP contribution in [0.25, 0.3) is 0 Å². The van der Waals surface area contributed by atoms with E-state index in [2.05, 4.69) is 5.32 Å². The normalized spacial score (nSPS) is 11.6. The van der Waals surface area contributed by atoms with E-state index in [0.717, 1.165) is 6.07 Å². The zero-order valence-electron chi connectivity index (χ0n) is 11.3. The van der Waals surface area contributed by atoms with Gasteiger partial charge in [0.25, 0.3) is 5.91 Å². The zero-order valence-corrected chi connectivity index (χ0v) is 11.3. The molecule has 1 amide bonds. The highest BCUT2D eigenvalue weighted by molar-refractivity contribution is 5.77. The summed E-state index contributed by atoms with van der Waals surface area (Å²) in [5, 5.41) is 2.53. The van der Waals surface area contributed by atoms with Crippen LogP contribution in [0.4, 0.5) is 13.2 Å². The van der Waals surface area contributed by atoms with E-state index in [1.54, 1.807) is 13.8 Å². The highest BCUT2D eigenvalue weighted by Gasteiger charge is 2.34. The second-order valence-corrected chi connectivity index (χ2v) is 4.54. The number of hydrogen-bond acceptors (Lipinski definition) is 3. The molecule has 0 aromatic heterocycles. The predicted molar refractivity (Wildman–Crippen MR) is 68.1 cm³/mol. The first-order chi connectivity index (χ1) is 9.24. The van der Waals surface area contributed by atoms with Gasteiger partial charge in [0.05, 0.1) is 5.56 Å². The Morgan fingerprint density at radius 2 is 2.05 bits per heavy atom. The Labute approximate surface area is 115 Å². The quantitative estimate of drug-likeness (QED) is 0.872. The fraction of sp³-hybridized carbons (Fsp3) is 0.462. The number of ether oxygens (including phenoxy) is 1. The van der Waals surface area contributed by atoms with Crippen LogP contribution in [0.3, 0.4) is 0 Å². The second kappa shape index (κ2) is 6.60. The number of nitrogens with one attached hydrogen (secondary N) is 1. The van der Waals surface area contributed by atoms with Gasteiger partial charge in [-0.25, -0.2) is 0 Å². The zero-order chi connectivity index (χ0) is 15.3. The van der Waals surface area contributed by atoms with Gasteiger partial charge in [-0.1, -0.05) is 6.07 Å². The summed E-state index contributed by atoms with van der Waals surface area (Å²) in [5.41, 5.74) is 4.73. The molecule has 7 heteroatoms. The molecular formula is C13H17F3N2O2. The predicted octanol–water partition coefficient (Wildman–Crippen LogP) is 2.07. The maximum Gasteiger partial charge on any atom is 0.419 e. The lowest BCUT2D eigenvalue weighted by atomic mass is 10.1. The van der Waals surface area contributed by atoms with Gasteiger partial charge < -0.3 is 15.8 Å². The van der Waals surface area contributed by atoms with Crippen molar-refractivity contribution in [1.82, 2.24) is 5.32 Å². The number of benzene rings is 1. The van der Waals surface area contributed by atoms with Crippen molar-refractivity contribution >= 4 is 5.91 Å². The van der Waals surface area contributed by atoms with Crippen LogP contribution in [0.1, 0.15) is 25.0 Å². The van der Waals surface area contributed by atoms with Gasteiger partial charge in [0.1, 0.15) is 5.75 Å². The van der Waals surface area contributed by atoms with Crippen molar-refractivity contribution in [3.63, 3.8) is 0 Å². The standard InChI is InChI=1S/C13H17F3N2O2/c1-8(2)18-12(19)7-20-11-4-3-9(6-17)5-10(11)13(14,15)16/h3-5,8H,6-7,17H2,1-2H3,(H,18,19). The van der Waals surface area contributed by atoms with E-state index in [-0.39, 0.29) is 18.3 Å². The molecule has 0 fully saturated rings. The SMILES string of the molecule is CC(C)NC(=O)COc1ccc(CN)cc1C(F)(F)F. The molecule has 0 aliphatic heterocycles. The van der Waals surface area contributed by atoms with Crippen molar-refractivity contribution in [2.24, 2.45) is 5.73 Å². The van der Waals surface area contributed by atoms with Gasteiger partial charge in [-0.15, -0.1) is 0 Å². The Bertz CT molecular complexity index is 473. The highest BCUT2D eigenvalue weighted by Crippen LogP contribution is 2.36. The van der Waals surface area contributed by atoms with Crippen LogP contribution in [0.2, 0.25) is 0 Å². The Morgan fingerprint density at radius 3 is 2.55 bits per heavy atom. The molecule has 0 radical (unpaired) electrons. The van der Waals surface area contributed by atoms with Gasteiger partial charge in [-0.3, -0.25) is 4.79 Å². The monoisotopic (exact) mass is 290 g/mol. The fourth-order valence-electron chi connectivity index (χ4n) is 1.56. The smallest absolute Gasteiger partial charge is 0.419 e. The summed E-state index contributed by atoms with van der Waals surface area (Å²) in [4.78, 5) is 11.4. The molecule has 4 nitrogen and oxygen atoms in total. The van der Waals surface area contributed by atoms with E-state index in [1.807, 2.05) is 0 Å². The minimum atomic E-state index is -4.56. The van der Waals surface area contributed by atoms with Crippen molar-refractivity contribution < 1.29 is 22.7 Å². The van der Waals surface area contributed by atoms with Crippen LogP contribution in [0.15, 0.2) is 18.2 Å². The van der Waals surface area contributed by atoms with E-state index < -0.39 is 24.3 Å². The topological polar surface area (TPSA) is 64.3 Å². The fourth-order valence-corrected chi connectivity index (χ4v) is 1.56. The third-order valence-corrected chi connectivity index (χ3v) is 2.39. The molecule has 1 rings (SSSR count). The van der Waals surface area contributed by atoms with Crippen LogP contribution in [-0.4, -0.2) is 18.6 Å². The largest absolute Gasteiger partial charge is 0.483 e. The number of carbonyl (C=O) groups is 1. The van der Waals surface area contributed by atoms with E-state index in [0.29, 0.717) is 5.56 Å². The Hall–Kier alpha value is -1.76. The van der Waals surface area contributed by atoms with Gasteiger partial charge in [-0.2, -0.15) is 13.2 Å². The van der Waals surface area contributed by atoms with Crippen LogP contribution in [-0.2, 0) is 17.5 Å². The molecule has 0 bridgehead atoms. The molecule has 20 heavy (non-hydrogen) atoms. The highest BCUT2D eigenvalue weighted by atomic mass is 19.4. The molecule has 112 valence electrons. The summed E-state index contributed by atoms with van der Waals surface area (Å²) in [7, 11) is 0. The molecule has 1 aromatic rings. The number of alkyl halides is 3. The number of nitrogens with two attached hydrogens (primary N) is 1. The maximum atomic E-state index is 12.9. The summed E-state index contributed by atoms with van der Waals surface area (Å²) >= 11 is 0. The molecule has 0 saturated carbocycles. The maximum absolute atomic E-state index is 12.9. The molecular weight excluding hydrogens is 273 g/mol. The first-order valence-corrected chi connectivity index (χ1v) is 6.06. The number of carbonyl (C=O) groups excluding carboxylic acids is 1. The van der Waals surface area contributed by atoms with Crippen molar-refractivity contribution in [1.29, 1.82) is 0 Å². The molecule has 0 saturated heterocycles. The number of hydrogen-bond donors (Lipinski definition) is 2. The molecule has 0 atom stereocenters. The number of amides is 1. The molecule has 1 aromatic carbocycles. The minimum Gasteiger partial charge on any atom is -0.483 e. The molecule has 0 heterocycles. The molecule has 3 N–H and O–H groups in total. The number of rotatable bonds is 5. The minimum absolute atomic E-state index is 0.00278. The molecule has 0 aliphatic carbocycles. The summed E-state index contributed by atoms with van der Waals surface area (Å²) in [5.74, 6) is -0.857. The lowest BCUT2D eigenvalue weighted by molar-refractivity contribution is -0.139. The average molecular weight is 290 g/mol. The van der Waals surface area contributed by atoms with E-state index in [1.165, 1.54) is 12.1 Å². The van der Waals surface area contributed by atoms with Crippen molar-refractivity contribution in [2.75, 3.05) is 6.61 Å². The van der Waals surface area contributed by atoms with Crippen LogP contribution in [0.5, 0.6) is 5.75 Å². The van der Waals surface area contributed by atoms with E-state index >= 15 is 0 Å². The third-order valence-electron chi connectivity index (χ3n) is 2.39. The van der Waals surface area contributed by atoms with Crippen molar-refractivity contribution in [3.05, 3.63) is 29.3 Å². The lowest BCUT2D eigenvalue weighted by Crippen LogP contribution is -2.34. The van der Waals surface area contributed by atoms with Gasteiger partial charge in [0.2, 0.25) is 0 Å². The van der Waals surface area contributed by atoms with Gasteiger partial charge in [0.15, 0.2) is 6.61 Å². The Balaban J connectivity index is 2.87. The average Bonchev–Trinajstić information content (AvgIpc) is 2.34. The van der Waals surface area contributed by atoms with Crippen LogP contribution >= 0.6 is 0 Å². The van der Waals surface area contributed by atoms with Crippen molar-refractivity contribution in [2.45, 2.75) is 32.6 Å². The van der Waals surface area contributed by atoms with Crippen LogP contribution < -0.4 is 15.8 Å². The van der Waals surface area contributed by atoms with E-state index in [9.17, 15) is 18.0 Å². The third kappa shape index (κ3) is 4.73. The Morgan fingerprint density at radius 1 is 1.40 bits per heavy atom. The second-order valence-electron chi connectivity index (χ2n) is 4.54. The first kappa shape index (κ1) is 16.3. The number of halogens is 3. The lowest BCUT2D eigenvalue weighted by Gasteiger charge is -2.15. The summed E-state index contributed by atoms with van der Waals surface area (Å²) < 4.78 is 43.6.